The lowest BCUT2D eigenvalue weighted by Crippen LogP contribution is -2.57. The van der Waals surface area contributed by atoms with E-state index in [9.17, 15) is 9.59 Å². The maximum atomic E-state index is 13.6. The van der Waals surface area contributed by atoms with E-state index < -0.39 is 5.54 Å². The number of amides is 3. The highest BCUT2D eigenvalue weighted by molar-refractivity contribution is 5.99. The average molecular weight is 449 g/mol. The number of hydrogen-bond donors (Lipinski definition) is 3. The van der Waals surface area contributed by atoms with Crippen molar-refractivity contribution in [1.82, 2.24) is 15.5 Å². The first-order valence-electron chi connectivity index (χ1n) is 11.8. The van der Waals surface area contributed by atoms with Gasteiger partial charge in [0.15, 0.2) is 0 Å². The lowest BCUT2D eigenvalue weighted by atomic mass is 9.70. The minimum atomic E-state index is -0.511. The van der Waals surface area contributed by atoms with Crippen molar-refractivity contribution in [2.75, 3.05) is 25.0 Å². The second-order valence-electron chi connectivity index (χ2n) is 9.44. The van der Waals surface area contributed by atoms with Crippen LogP contribution < -0.4 is 16.0 Å². The molecule has 3 amide bonds. The van der Waals surface area contributed by atoms with Crippen LogP contribution in [-0.4, -0.2) is 42.5 Å². The molecule has 3 aromatic rings. The molecule has 2 fully saturated rings. The monoisotopic (exact) mass is 448 g/mol. The third-order valence-electron chi connectivity index (χ3n) is 7.54. The van der Waals surface area contributed by atoms with Gasteiger partial charge in [-0.3, -0.25) is 4.79 Å². The van der Waals surface area contributed by atoms with Gasteiger partial charge in [0, 0.05) is 42.9 Å². The largest absolute Gasteiger partial charge is 0.469 e. The molecule has 33 heavy (non-hydrogen) atoms. The molecule has 1 unspecified atom stereocenters. The number of carbonyl (C=O) groups excluding carboxylic acids is 2. The second kappa shape index (κ2) is 7.95. The highest BCUT2D eigenvalue weighted by atomic mass is 16.3. The Morgan fingerprint density at radius 1 is 1.12 bits per heavy atom. The summed E-state index contributed by atoms with van der Waals surface area (Å²) >= 11 is 0. The van der Waals surface area contributed by atoms with Gasteiger partial charge < -0.3 is 29.7 Å². The molecular weight excluding hydrogens is 420 g/mol. The molecule has 0 bridgehead atoms. The Labute approximate surface area is 191 Å². The third kappa shape index (κ3) is 3.49. The van der Waals surface area contributed by atoms with Gasteiger partial charge in [-0.15, -0.1) is 0 Å². The number of nitrogens with one attached hydrogen (secondary N) is 3. The summed E-state index contributed by atoms with van der Waals surface area (Å²) in [5, 5.41) is 10.5. The summed E-state index contributed by atoms with van der Waals surface area (Å²) in [5.74, 6) is 1.08. The maximum Gasteiger partial charge on any atom is 0.319 e. The molecular formula is C25H28N4O4. The second-order valence-corrected chi connectivity index (χ2v) is 9.44. The number of carbonyl (C=O) groups is 2. The first-order chi connectivity index (χ1) is 16.1. The molecule has 2 aliphatic heterocycles. The molecule has 1 spiro atoms. The van der Waals surface area contributed by atoms with Crippen LogP contribution in [0.15, 0.2) is 51.7 Å². The minimum Gasteiger partial charge on any atom is -0.469 e. The fraction of sp³-hybridized carbons (Fsp3) is 0.440. The van der Waals surface area contributed by atoms with E-state index in [0.29, 0.717) is 25.8 Å². The molecule has 3 N–H and O–H groups in total. The Morgan fingerprint density at radius 2 is 2.00 bits per heavy atom. The van der Waals surface area contributed by atoms with E-state index in [1.165, 1.54) is 0 Å². The van der Waals surface area contributed by atoms with Gasteiger partial charge in [0.05, 0.1) is 29.8 Å². The quantitative estimate of drug-likeness (QED) is 0.569. The zero-order valence-corrected chi connectivity index (χ0v) is 18.4. The molecule has 4 heterocycles. The van der Waals surface area contributed by atoms with Crippen LogP contribution >= 0.6 is 0 Å². The first kappa shape index (κ1) is 20.4. The number of fused-ring (bicyclic) bond motifs is 4. The molecule has 1 aromatic carbocycles. The molecule has 1 saturated carbocycles. The molecule has 8 nitrogen and oxygen atoms in total. The molecule has 172 valence electrons. The smallest absolute Gasteiger partial charge is 0.319 e. The van der Waals surface area contributed by atoms with Crippen LogP contribution in [0.5, 0.6) is 0 Å². The van der Waals surface area contributed by atoms with Crippen molar-refractivity contribution in [2.24, 2.45) is 5.92 Å². The molecule has 2 aromatic heterocycles. The van der Waals surface area contributed by atoms with Crippen molar-refractivity contribution in [1.29, 1.82) is 0 Å². The first-order valence-corrected chi connectivity index (χ1v) is 11.8. The fourth-order valence-corrected chi connectivity index (χ4v) is 5.91. The number of furan rings is 2. The maximum absolute atomic E-state index is 13.6. The van der Waals surface area contributed by atoms with Crippen molar-refractivity contribution >= 4 is 28.6 Å². The standard InChI is InChI=1S/C25H28N4O4/c30-23(29-11-10-26-15-18(29)14-19-2-1-12-32-19)17-5-8-25(9-6-17)21-20(27-24(31)28-25)4-3-16-7-13-33-22(16)21/h1-4,7,12-13,17-18,26H,5-6,8-11,14-15H2,(H2,27,28,31). The number of piperazine rings is 1. The number of urea groups is 1. The van der Waals surface area contributed by atoms with Gasteiger partial charge in [0.1, 0.15) is 11.3 Å². The summed E-state index contributed by atoms with van der Waals surface area (Å²) in [5.41, 5.74) is 2.10. The average Bonchev–Trinajstić information content (AvgIpc) is 3.51. The molecule has 3 aliphatic rings. The summed E-state index contributed by atoms with van der Waals surface area (Å²) in [6.45, 7) is 2.29. The summed E-state index contributed by atoms with van der Waals surface area (Å²) in [4.78, 5) is 28.1. The molecule has 8 heteroatoms. The highest BCUT2D eigenvalue weighted by Crippen LogP contribution is 2.47. The fourth-order valence-electron chi connectivity index (χ4n) is 5.91. The van der Waals surface area contributed by atoms with Crippen LogP contribution in [-0.2, 0) is 16.8 Å². The van der Waals surface area contributed by atoms with E-state index in [4.69, 9.17) is 8.83 Å². The lowest BCUT2D eigenvalue weighted by Gasteiger charge is -2.45. The van der Waals surface area contributed by atoms with E-state index in [0.717, 1.165) is 53.9 Å². The molecule has 0 radical (unpaired) electrons. The molecule has 1 atom stereocenters. The van der Waals surface area contributed by atoms with Crippen LogP contribution in [0.4, 0.5) is 10.5 Å². The van der Waals surface area contributed by atoms with Crippen molar-refractivity contribution in [3.8, 4) is 0 Å². The number of rotatable bonds is 3. The van der Waals surface area contributed by atoms with Crippen molar-refractivity contribution < 1.29 is 18.4 Å². The third-order valence-corrected chi connectivity index (χ3v) is 7.54. The van der Waals surface area contributed by atoms with Crippen LogP contribution in [0.25, 0.3) is 11.0 Å². The van der Waals surface area contributed by atoms with Gasteiger partial charge in [0.2, 0.25) is 5.91 Å². The number of nitrogens with zero attached hydrogens (tertiary/aromatic N) is 1. The number of benzene rings is 1. The zero-order valence-electron chi connectivity index (χ0n) is 18.4. The van der Waals surface area contributed by atoms with Gasteiger partial charge in [-0.25, -0.2) is 4.79 Å². The number of hydrogen-bond acceptors (Lipinski definition) is 5. The summed E-state index contributed by atoms with van der Waals surface area (Å²) < 4.78 is 11.4. The zero-order chi connectivity index (χ0) is 22.4. The predicted molar refractivity (Wildman–Crippen MR) is 123 cm³/mol. The Morgan fingerprint density at radius 3 is 2.82 bits per heavy atom. The summed E-state index contributed by atoms with van der Waals surface area (Å²) in [6, 6.07) is 9.61. The van der Waals surface area contributed by atoms with Crippen molar-refractivity contribution in [3.05, 3.63) is 54.2 Å². The van der Waals surface area contributed by atoms with Gasteiger partial charge in [-0.2, -0.15) is 0 Å². The molecule has 6 rings (SSSR count). The SMILES string of the molecule is O=C1Nc2ccc3ccoc3c2C2(CCC(C(=O)N3CCNCC3Cc3ccco3)CC2)N1. The van der Waals surface area contributed by atoms with Gasteiger partial charge in [0.25, 0.3) is 0 Å². The Hall–Kier alpha value is -3.26. The Balaban J connectivity index is 1.22. The van der Waals surface area contributed by atoms with Crippen LogP contribution in [0.1, 0.15) is 37.0 Å². The topological polar surface area (TPSA) is 99.8 Å². The van der Waals surface area contributed by atoms with E-state index in [1.807, 2.05) is 35.2 Å². The van der Waals surface area contributed by atoms with Gasteiger partial charge >= 0.3 is 6.03 Å². The van der Waals surface area contributed by atoms with E-state index >= 15 is 0 Å². The summed E-state index contributed by atoms with van der Waals surface area (Å²) in [7, 11) is 0. The van der Waals surface area contributed by atoms with Crippen LogP contribution in [0.2, 0.25) is 0 Å². The molecule has 1 saturated heterocycles. The molecule has 1 aliphatic carbocycles. The Bertz CT molecular complexity index is 1180. The summed E-state index contributed by atoms with van der Waals surface area (Å²) in [6.07, 6.45) is 6.96. The Kier molecular flexibility index (Phi) is 4.90. The highest BCUT2D eigenvalue weighted by Gasteiger charge is 2.46. The van der Waals surface area contributed by atoms with Crippen LogP contribution in [0.3, 0.4) is 0 Å². The van der Waals surface area contributed by atoms with Crippen LogP contribution in [0, 0.1) is 5.92 Å². The van der Waals surface area contributed by atoms with Gasteiger partial charge in [-0.05, 0) is 56.0 Å². The van der Waals surface area contributed by atoms with Crippen molar-refractivity contribution in [2.45, 2.75) is 43.7 Å². The normalized spacial score (nSPS) is 27.3. The number of anilines is 1. The lowest BCUT2D eigenvalue weighted by molar-refractivity contribution is -0.140. The minimum absolute atomic E-state index is 0.0427. The van der Waals surface area contributed by atoms with E-state index in [2.05, 4.69) is 16.0 Å². The van der Waals surface area contributed by atoms with Gasteiger partial charge in [-0.1, -0.05) is 0 Å². The predicted octanol–water partition coefficient (Wildman–Crippen LogP) is 3.59. The van der Waals surface area contributed by atoms with E-state index in [-0.39, 0.29) is 23.9 Å². The van der Waals surface area contributed by atoms with Crippen molar-refractivity contribution in [3.63, 3.8) is 0 Å². The van der Waals surface area contributed by atoms with E-state index in [1.54, 1.807) is 12.5 Å².